The van der Waals surface area contributed by atoms with E-state index in [0.717, 1.165) is 11.1 Å². The lowest BCUT2D eigenvalue weighted by molar-refractivity contribution is -0.142. The van der Waals surface area contributed by atoms with Crippen LogP contribution in [-0.2, 0) is 16.1 Å². The molecule has 2 aromatic carbocycles. The maximum atomic E-state index is 13.0. The quantitative estimate of drug-likeness (QED) is 0.660. The van der Waals surface area contributed by atoms with Gasteiger partial charge in [0.15, 0.2) is 6.61 Å². The fourth-order valence-corrected chi connectivity index (χ4v) is 3.31. The zero-order chi connectivity index (χ0) is 21.6. The second kappa shape index (κ2) is 10.5. The predicted molar refractivity (Wildman–Crippen MR) is 117 cm³/mol. The van der Waals surface area contributed by atoms with Crippen molar-refractivity contribution in [3.63, 3.8) is 0 Å². The minimum Gasteiger partial charge on any atom is -0.483 e. The monoisotopic (exact) mass is 436 g/mol. The Morgan fingerprint density at radius 3 is 2.55 bits per heavy atom. The van der Waals surface area contributed by atoms with E-state index in [-0.39, 0.29) is 25.0 Å². The van der Waals surface area contributed by atoms with Gasteiger partial charge in [-0.05, 0) is 62.6 Å². The van der Waals surface area contributed by atoms with Gasteiger partial charge in [-0.2, -0.15) is 0 Å². The van der Waals surface area contributed by atoms with Gasteiger partial charge in [0, 0.05) is 23.1 Å². The van der Waals surface area contributed by atoms with Gasteiger partial charge in [0.05, 0.1) is 0 Å². The van der Waals surface area contributed by atoms with Crippen molar-refractivity contribution >= 4 is 35.0 Å². The Morgan fingerprint density at radius 1 is 1.17 bits per heavy atom. The molecule has 0 aliphatic heterocycles. The van der Waals surface area contributed by atoms with E-state index >= 15 is 0 Å². The number of carbonyl (C=O) groups excluding carboxylic acids is 2. The summed E-state index contributed by atoms with van der Waals surface area (Å²) in [4.78, 5) is 26.9. The van der Waals surface area contributed by atoms with Gasteiger partial charge in [-0.15, -0.1) is 0 Å². The first-order valence-electron chi connectivity index (χ1n) is 9.44. The van der Waals surface area contributed by atoms with Crippen LogP contribution < -0.4 is 10.1 Å². The van der Waals surface area contributed by atoms with Crippen molar-refractivity contribution in [3.05, 3.63) is 63.1 Å². The Kier molecular flexibility index (Phi) is 8.35. The zero-order valence-electron chi connectivity index (χ0n) is 17.1. The lowest BCUT2D eigenvalue weighted by atomic mass is 10.1. The molecule has 0 radical (unpaired) electrons. The van der Waals surface area contributed by atoms with Crippen molar-refractivity contribution in [2.75, 3.05) is 13.2 Å². The van der Waals surface area contributed by atoms with Gasteiger partial charge in [-0.25, -0.2) is 0 Å². The molecule has 0 saturated heterocycles. The molecule has 7 heteroatoms. The molecule has 0 aromatic heterocycles. The van der Waals surface area contributed by atoms with Gasteiger partial charge in [0.25, 0.3) is 5.91 Å². The van der Waals surface area contributed by atoms with Crippen molar-refractivity contribution < 1.29 is 14.3 Å². The maximum Gasteiger partial charge on any atom is 0.261 e. The molecule has 0 fully saturated rings. The Labute approximate surface area is 181 Å². The fourth-order valence-electron chi connectivity index (χ4n) is 2.84. The molecular weight excluding hydrogens is 411 g/mol. The number of aryl methyl sites for hydroxylation is 1. The third-order valence-electron chi connectivity index (χ3n) is 4.78. The number of benzene rings is 2. The molecule has 0 aliphatic rings. The molecule has 0 heterocycles. The molecular formula is C22H26Cl2N2O3. The zero-order valence-corrected chi connectivity index (χ0v) is 18.6. The first kappa shape index (κ1) is 23.0. The molecule has 0 aliphatic carbocycles. The van der Waals surface area contributed by atoms with Gasteiger partial charge in [0.1, 0.15) is 11.8 Å². The van der Waals surface area contributed by atoms with Crippen LogP contribution in [0.25, 0.3) is 0 Å². The molecule has 2 amide bonds. The van der Waals surface area contributed by atoms with Gasteiger partial charge < -0.3 is 15.0 Å². The lowest BCUT2D eigenvalue weighted by Crippen LogP contribution is -2.49. The average Bonchev–Trinajstić information content (AvgIpc) is 2.68. The summed E-state index contributed by atoms with van der Waals surface area (Å²) >= 11 is 12.2. The second-order valence-corrected chi connectivity index (χ2v) is 7.66. The van der Waals surface area contributed by atoms with Crippen LogP contribution in [0.3, 0.4) is 0 Å². The van der Waals surface area contributed by atoms with Gasteiger partial charge in [-0.3, -0.25) is 9.59 Å². The molecule has 156 valence electrons. The van der Waals surface area contributed by atoms with E-state index in [0.29, 0.717) is 27.9 Å². The van der Waals surface area contributed by atoms with E-state index in [9.17, 15) is 9.59 Å². The number of hydrogen-bond acceptors (Lipinski definition) is 3. The SMILES string of the molecule is CCNC(=O)[C@@H](C)N(Cc1ccc(Cl)cc1Cl)C(=O)COc1cccc(C)c1C. The predicted octanol–water partition coefficient (Wildman–Crippen LogP) is 4.54. The molecule has 5 nitrogen and oxygen atoms in total. The van der Waals surface area contributed by atoms with Crippen LogP contribution in [0, 0.1) is 13.8 Å². The average molecular weight is 437 g/mol. The summed E-state index contributed by atoms with van der Waals surface area (Å²) in [5, 5.41) is 3.70. The molecule has 0 spiro atoms. The molecule has 0 bridgehead atoms. The highest BCUT2D eigenvalue weighted by Gasteiger charge is 2.27. The molecule has 0 saturated carbocycles. The van der Waals surface area contributed by atoms with Crippen LogP contribution in [0.1, 0.15) is 30.5 Å². The summed E-state index contributed by atoms with van der Waals surface area (Å²) in [6.45, 7) is 7.91. The number of halogens is 2. The summed E-state index contributed by atoms with van der Waals surface area (Å²) in [6, 6.07) is 10.1. The van der Waals surface area contributed by atoms with Gasteiger partial charge in [-0.1, -0.05) is 41.4 Å². The number of ether oxygens (including phenoxy) is 1. The van der Waals surface area contributed by atoms with E-state index < -0.39 is 6.04 Å². The number of nitrogens with one attached hydrogen (secondary N) is 1. The van der Waals surface area contributed by atoms with E-state index in [1.54, 1.807) is 25.1 Å². The molecule has 0 unspecified atom stereocenters. The molecule has 1 N–H and O–H groups in total. The number of nitrogens with zero attached hydrogens (tertiary/aromatic N) is 1. The van der Waals surface area contributed by atoms with Crippen molar-refractivity contribution in [3.8, 4) is 5.75 Å². The summed E-state index contributed by atoms with van der Waals surface area (Å²) < 4.78 is 5.76. The number of likely N-dealkylation sites (N-methyl/N-ethyl adjacent to an activating group) is 1. The Bertz CT molecular complexity index is 886. The minimum absolute atomic E-state index is 0.170. The second-order valence-electron chi connectivity index (χ2n) is 6.81. The van der Waals surface area contributed by atoms with Crippen LogP contribution in [0.4, 0.5) is 0 Å². The van der Waals surface area contributed by atoms with Crippen LogP contribution in [0.5, 0.6) is 5.75 Å². The smallest absolute Gasteiger partial charge is 0.261 e. The molecule has 29 heavy (non-hydrogen) atoms. The highest BCUT2D eigenvalue weighted by molar-refractivity contribution is 6.35. The fraction of sp³-hybridized carbons (Fsp3) is 0.364. The van der Waals surface area contributed by atoms with Crippen LogP contribution in [0.2, 0.25) is 10.0 Å². The topological polar surface area (TPSA) is 58.6 Å². The highest BCUT2D eigenvalue weighted by atomic mass is 35.5. The number of carbonyl (C=O) groups is 2. The largest absolute Gasteiger partial charge is 0.483 e. The summed E-state index contributed by atoms with van der Waals surface area (Å²) in [7, 11) is 0. The van der Waals surface area contributed by atoms with E-state index in [4.69, 9.17) is 27.9 Å². The minimum atomic E-state index is -0.684. The normalized spacial score (nSPS) is 11.7. The van der Waals surface area contributed by atoms with Gasteiger partial charge in [0.2, 0.25) is 5.91 Å². The molecule has 2 rings (SSSR count). The lowest BCUT2D eigenvalue weighted by Gasteiger charge is -2.29. The Morgan fingerprint density at radius 2 is 1.90 bits per heavy atom. The maximum absolute atomic E-state index is 13.0. The first-order chi connectivity index (χ1) is 13.7. The first-order valence-corrected chi connectivity index (χ1v) is 10.2. The molecule has 1 atom stereocenters. The third-order valence-corrected chi connectivity index (χ3v) is 5.37. The summed E-state index contributed by atoms with van der Waals surface area (Å²) in [5.74, 6) is 0.0989. The van der Waals surface area contributed by atoms with Crippen LogP contribution in [-0.4, -0.2) is 35.9 Å². The number of amides is 2. The Hall–Kier alpha value is -2.24. The van der Waals surface area contributed by atoms with Crippen LogP contribution in [0.15, 0.2) is 36.4 Å². The van der Waals surface area contributed by atoms with Crippen molar-refractivity contribution in [1.29, 1.82) is 0 Å². The standard InChI is InChI=1S/C22H26Cl2N2O3/c1-5-25-22(28)16(4)26(12-17-9-10-18(23)11-19(17)24)21(27)13-29-20-8-6-7-14(2)15(20)3/h6-11,16H,5,12-13H2,1-4H3,(H,25,28)/t16-/m1/s1. The third kappa shape index (κ3) is 6.12. The van der Waals surface area contributed by atoms with E-state index in [1.165, 1.54) is 4.90 Å². The van der Waals surface area contributed by atoms with Crippen molar-refractivity contribution in [2.24, 2.45) is 0 Å². The Balaban J connectivity index is 2.22. The number of hydrogen-bond donors (Lipinski definition) is 1. The van der Waals surface area contributed by atoms with Gasteiger partial charge >= 0.3 is 0 Å². The number of rotatable bonds is 8. The van der Waals surface area contributed by atoms with Crippen molar-refractivity contribution in [1.82, 2.24) is 10.2 Å². The van der Waals surface area contributed by atoms with E-state index in [1.807, 2.05) is 39.0 Å². The molecule has 2 aromatic rings. The van der Waals surface area contributed by atoms with Crippen molar-refractivity contribution in [2.45, 2.75) is 40.3 Å². The van der Waals surface area contributed by atoms with Crippen LogP contribution >= 0.6 is 23.2 Å². The summed E-state index contributed by atoms with van der Waals surface area (Å²) in [5.41, 5.74) is 2.76. The highest BCUT2D eigenvalue weighted by Crippen LogP contribution is 2.24. The summed E-state index contributed by atoms with van der Waals surface area (Å²) in [6.07, 6.45) is 0. The van der Waals surface area contributed by atoms with E-state index in [2.05, 4.69) is 5.32 Å².